The molecule has 108 valence electrons. The lowest BCUT2D eigenvalue weighted by Crippen LogP contribution is -2.36. The highest BCUT2D eigenvalue weighted by molar-refractivity contribution is 5.91. The minimum atomic E-state index is -0.267. The molecule has 1 amide bonds. The van der Waals surface area contributed by atoms with Crippen LogP contribution in [-0.2, 0) is 16.1 Å². The molecule has 0 aliphatic carbocycles. The van der Waals surface area contributed by atoms with Gasteiger partial charge in [0.25, 0.3) is 0 Å². The standard InChI is InChI=1S/C18H19NO2/c1-13(2)21-18-11-10-17(20)19(18)12-15-8-5-7-14-6-3-4-9-16(14)15/h3-11,13,18H,12H2,1-2H3/t18-/m1/s1. The maximum atomic E-state index is 12.1. The van der Waals surface area contributed by atoms with Gasteiger partial charge in [0.15, 0.2) is 6.23 Å². The Labute approximate surface area is 124 Å². The van der Waals surface area contributed by atoms with E-state index in [0.29, 0.717) is 6.54 Å². The van der Waals surface area contributed by atoms with Crippen molar-refractivity contribution in [3.05, 3.63) is 60.2 Å². The fraction of sp³-hybridized carbons (Fsp3) is 0.278. The van der Waals surface area contributed by atoms with Crippen molar-refractivity contribution in [1.29, 1.82) is 0 Å². The molecule has 0 fully saturated rings. The molecule has 0 bridgehead atoms. The molecule has 0 spiro atoms. The number of ether oxygens (including phenoxy) is 1. The van der Waals surface area contributed by atoms with Crippen molar-refractivity contribution in [2.75, 3.05) is 0 Å². The van der Waals surface area contributed by atoms with Gasteiger partial charge in [-0.1, -0.05) is 42.5 Å². The molecule has 1 aliphatic rings. The van der Waals surface area contributed by atoms with Crippen LogP contribution in [-0.4, -0.2) is 23.1 Å². The van der Waals surface area contributed by atoms with Crippen LogP contribution in [0.4, 0.5) is 0 Å². The summed E-state index contributed by atoms with van der Waals surface area (Å²) in [7, 11) is 0. The van der Waals surface area contributed by atoms with Crippen molar-refractivity contribution in [2.24, 2.45) is 0 Å². The Morgan fingerprint density at radius 3 is 2.71 bits per heavy atom. The normalized spacial score (nSPS) is 18.1. The Hall–Kier alpha value is -2.13. The van der Waals surface area contributed by atoms with Gasteiger partial charge in [-0.15, -0.1) is 0 Å². The van der Waals surface area contributed by atoms with Crippen LogP contribution in [0.3, 0.4) is 0 Å². The van der Waals surface area contributed by atoms with Crippen LogP contribution in [0, 0.1) is 0 Å². The molecule has 0 saturated carbocycles. The van der Waals surface area contributed by atoms with E-state index in [0.717, 1.165) is 5.56 Å². The van der Waals surface area contributed by atoms with E-state index in [-0.39, 0.29) is 18.2 Å². The van der Waals surface area contributed by atoms with Gasteiger partial charge in [-0.2, -0.15) is 0 Å². The van der Waals surface area contributed by atoms with Gasteiger partial charge in [-0.25, -0.2) is 0 Å². The third-order valence-electron chi connectivity index (χ3n) is 3.63. The minimum absolute atomic E-state index is 0.00795. The highest BCUT2D eigenvalue weighted by Crippen LogP contribution is 2.23. The topological polar surface area (TPSA) is 29.5 Å². The van der Waals surface area contributed by atoms with Crippen molar-refractivity contribution in [3.63, 3.8) is 0 Å². The molecule has 1 aliphatic heterocycles. The number of benzene rings is 2. The van der Waals surface area contributed by atoms with Crippen LogP contribution in [0.25, 0.3) is 10.8 Å². The number of amides is 1. The second-order valence-corrected chi connectivity index (χ2v) is 5.54. The SMILES string of the molecule is CC(C)O[C@@H]1C=CC(=O)N1Cc1cccc2ccccc12. The van der Waals surface area contributed by atoms with Crippen molar-refractivity contribution in [3.8, 4) is 0 Å². The summed E-state index contributed by atoms with van der Waals surface area (Å²) in [4.78, 5) is 13.8. The molecule has 3 heteroatoms. The van der Waals surface area contributed by atoms with E-state index in [9.17, 15) is 4.79 Å². The van der Waals surface area contributed by atoms with Gasteiger partial charge >= 0.3 is 0 Å². The molecule has 2 aromatic rings. The summed E-state index contributed by atoms with van der Waals surface area (Å²) in [6, 6.07) is 14.4. The van der Waals surface area contributed by atoms with Gasteiger partial charge in [0.2, 0.25) is 5.91 Å². The highest BCUT2D eigenvalue weighted by atomic mass is 16.5. The van der Waals surface area contributed by atoms with E-state index in [4.69, 9.17) is 4.74 Å². The number of fused-ring (bicyclic) bond motifs is 1. The fourth-order valence-corrected chi connectivity index (χ4v) is 2.67. The number of carbonyl (C=O) groups is 1. The van der Waals surface area contributed by atoms with Gasteiger partial charge in [0, 0.05) is 12.6 Å². The van der Waals surface area contributed by atoms with Crippen LogP contribution in [0.5, 0.6) is 0 Å². The van der Waals surface area contributed by atoms with E-state index >= 15 is 0 Å². The molecule has 3 nitrogen and oxygen atoms in total. The lowest BCUT2D eigenvalue weighted by Gasteiger charge is -2.26. The molecule has 2 aromatic carbocycles. The summed E-state index contributed by atoms with van der Waals surface area (Å²) in [5.41, 5.74) is 1.14. The monoisotopic (exact) mass is 281 g/mol. The molecule has 0 unspecified atom stereocenters. The maximum Gasteiger partial charge on any atom is 0.248 e. The third kappa shape index (κ3) is 2.83. The van der Waals surface area contributed by atoms with Crippen LogP contribution in [0.1, 0.15) is 19.4 Å². The molecular formula is C18H19NO2. The van der Waals surface area contributed by atoms with Gasteiger partial charge in [-0.3, -0.25) is 4.79 Å². The molecule has 1 atom stereocenters. The highest BCUT2D eigenvalue weighted by Gasteiger charge is 2.27. The van der Waals surface area contributed by atoms with Crippen LogP contribution in [0.2, 0.25) is 0 Å². The average Bonchev–Trinajstić information content (AvgIpc) is 2.80. The molecule has 3 rings (SSSR count). The van der Waals surface area contributed by atoms with E-state index in [1.807, 2.05) is 38.1 Å². The largest absolute Gasteiger partial charge is 0.352 e. The summed E-state index contributed by atoms with van der Waals surface area (Å²) in [5.74, 6) is 0.00795. The number of hydrogen-bond donors (Lipinski definition) is 0. The predicted octanol–water partition coefficient (Wildman–Crippen LogP) is 3.49. The molecule has 21 heavy (non-hydrogen) atoms. The summed E-state index contributed by atoms with van der Waals surface area (Å²) >= 11 is 0. The number of nitrogens with zero attached hydrogens (tertiary/aromatic N) is 1. The first-order valence-corrected chi connectivity index (χ1v) is 7.26. The Morgan fingerprint density at radius 1 is 1.14 bits per heavy atom. The van der Waals surface area contributed by atoms with E-state index < -0.39 is 0 Å². The molecule has 1 heterocycles. The van der Waals surface area contributed by atoms with Crippen molar-refractivity contribution < 1.29 is 9.53 Å². The van der Waals surface area contributed by atoms with Crippen LogP contribution < -0.4 is 0 Å². The molecule has 0 radical (unpaired) electrons. The van der Waals surface area contributed by atoms with Gasteiger partial charge in [0.1, 0.15) is 0 Å². The average molecular weight is 281 g/mol. The smallest absolute Gasteiger partial charge is 0.248 e. The lowest BCUT2D eigenvalue weighted by atomic mass is 10.0. The van der Waals surface area contributed by atoms with Gasteiger partial charge in [0.05, 0.1) is 6.10 Å². The molecular weight excluding hydrogens is 262 g/mol. The summed E-state index contributed by atoms with van der Waals surface area (Å²) < 4.78 is 5.80. The number of hydrogen-bond acceptors (Lipinski definition) is 2. The van der Waals surface area contributed by atoms with E-state index in [2.05, 4.69) is 24.3 Å². The van der Waals surface area contributed by atoms with Crippen molar-refractivity contribution >= 4 is 16.7 Å². The molecule has 0 N–H and O–H groups in total. The zero-order valence-electron chi connectivity index (χ0n) is 12.3. The first-order chi connectivity index (χ1) is 10.1. The number of rotatable bonds is 4. The first-order valence-electron chi connectivity index (χ1n) is 7.26. The summed E-state index contributed by atoms with van der Waals surface area (Å²) in [6.45, 7) is 4.52. The van der Waals surface area contributed by atoms with Crippen LogP contribution in [0.15, 0.2) is 54.6 Å². The van der Waals surface area contributed by atoms with Gasteiger partial charge in [-0.05, 0) is 36.3 Å². The minimum Gasteiger partial charge on any atom is -0.352 e. The van der Waals surface area contributed by atoms with Crippen LogP contribution >= 0.6 is 0 Å². The quantitative estimate of drug-likeness (QED) is 0.858. The summed E-state index contributed by atoms with van der Waals surface area (Å²) in [6.07, 6.45) is 3.24. The Morgan fingerprint density at radius 2 is 1.90 bits per heavy atom. The second-order valence-electron chi connectivity index (χ2n) is 5.54. The lowest BCUT2D eigenvalue weighted by molar-refractivity contribution is -0.137. The Balaban J connectivity index is 1.89. The number of carbonyl (C=O) groups excluding carboxylic acids is 1. The zero-order chi connectivity index (χ0) is 14.8. The Bertz CT molecular complexity index is 685. The molecule has 0 aromatic heterocycles. The van der Waals surface area contributed by atoms with Crippen molar-refractivity contribution in [1.82, 2.24) is 4.90 Å². The fourth-order valence-electron chi connectivity index (χ4n) is 2.67. The first kappa shape index (κ1) is 13.8. The van der Waals surface area contributed by atoms with E-state index in [1.165, 1.54) is 10.8 Å². The van der Waals surface area contributed by atoms with Crippen molar-refractivity contribution in [2.45, 2.75) is 32.7 Å². The Kier molecular flexibility index (Phi) is 3.76. The van der Waals surface area contributed by atoms with Gasteiger partial charge < -0.3 is 9.64 Å². The molecule has 0 saturated heterocycles. The third-order valence-corrected chi connectivity index (χ3v) is 3.63. The second kappa shape index (κ2) is 5.70. The van der Waals surface area contributed by atoms with E-state index in [1.54, 1.807) is 11.0 Å². The zero-order valence-corrected chi connectivity index (χ0v) is 12.3. The maximum absolute atomic E-state index is 12.1. The summed E-state index contributed by atoms with van der Waals surface area (Å²) in [5, 5.41) is 2.37. The predicted molar refractivity (Wildman–Crippen MR) is 83.6 cm³/mol.